The van der Waals surface area contributed by atoms with Crippen molar-refractivity contribution < 1.29 is 14.6 Å². The first-order valence-corrected chi connectivity index (χ1v) is 10.1. The maximum Gasteiger partial charge on any atom is 0.271 e. The van der Waals surface area contributed by atoms with Crippen LogP contribution in [-0.4, -0.2) is 47.2 Å². The first kappa shape index (κ1) is 20.4. The van der Waals surface area contributed by atoms with E-state index < -0.39 is 11.5 Å². The minimum absolute atomic E-state index is 0.148. The third-order valence-electron chi connectivity index (χ3n) is 5.16. The van der Waals surface area contributed by atoms with Gasteiger partial charge in [0, 0.05) is 36.6 Å². The van der Waals surface area contributed by atoms with Crippen LogP contribution in [0.4, 0.5) is 0 Å². The molecule has 3 N–H and O–H groups in total. The number of carbonyl (C=O) groups is 1. The highest BCUT2D eigenvalue weighted by molar-refractivity contribution is 6.30. The van der Waals surface area contributed by atoms with Gasteiger partial charge in [-0.2, -0.15) is 0 Å². The highest BCUT2D eigenvalue weighted by Crippen LogP contribution is 2.26. The van der Waals surface area contributed by atoms with Crippen molar-refractivity contribution in [2.24, 2.45) is 0 Å². The zero-order chi connectivity index (χ0) is 21.1. The van der Waals surface area contributed by atoms with E-state index in [0.717, 1.165) is 24.2 Å². The number of H-pyrrole nitrogens is 1. The number of aromatic nitrogens is 1. The number of carbonyl (C=O) groups excluding carboxylic acids is 1. The molecule has 2 aromatic carbocycles. The second-order valence-corrected chi connectivity index (χ2v) is 7.69. The van der Waals surface area contributed by atoms with Crippen molar-refractivity contribution in [1.29, 1.82) is 0 Å². The van der Waals surface area contributed by atoms with Gasteiger partial charge in [0.15, 0.2) is 5.75 Å². The first-order chi connectivity index (χ1) is 14.5. The third-order valence-corrected chi connectivity index (χ3v) is 5.41. The highest BCUT2D eigenvalue weighted by Gasteiger charge is 2.18. The van der Waals surface area contributed by atoms with Crippen molar-refractivity contribution in [3.63, 3.8) is 0 Å². The molecule has 0 unspecified atom stereocenters. The summed E-state index contributed by atoms with van der Waals surface area (Å²) in [4.78, 5) is 29.8. The van der Waals surface area contributed by atoms with Crippen molar-refractivity contribution in [3.05, 3.63) is 74.7 Å². The maximum atomic E-state index is 12.6. The summed E-state index contributed by atoms with van der Waals surface area (Å²) in [5, 5.41) is 14.7. The SMILES string of the molecule is O=C(NCc1ccc(Cl)cc1)c1[nH]c(=O)c2ccc(CN3CCOCC3)cc2c1O. The van der Waals surface area contributed by atoms with Gasteiger partial charge >= 0.3 is 0 Å². The van der Waals surface area contributed by atoms with E-state index in [1.807, 2.05) is 6.07 Å². The lowest BCUT2D eigenvalue weighted by atomic mass is 10.1. The van der Waals surface area contributed by atoms with Crippen LogP contribution < -0.4 is 10.9 Å². The Bertz CT molecular complexity index is 1120. The zero-order valence-electron chi connectivity index (χ0n) is 16.3. The molecule has 30 heavy (non-hydrogen) atoms. The van der Waals surface area contributed by atoms with E-state index in [9.17, 15) is 14.7 Å². The molecule has 1 aliphatic heterocycles. The van der Waals surface area contributed by atoms with Crippen LogP contribution in [0.2, 0.25) is 5.02 Å². The number of aromatic amines is 1. The number of amides is 1. The molecule has 1 aliphatic rings. The molecule has 4 rings (SSSR count). The Labute approximate surface area is 178 Å². The minimum Gasteiger partial charge on any atom is -0.505 e. The van der Waals surface area contributed by atoms with Crippen molar-refractivity contribution >= 4 is 28.3 Å². The van der Waals surface area contributed by atoms with Crippen LogP contribution in [0.15, 0.2) is 47.3 Å². The Kier molecular flexibility index (Phi) is 6.03. The standard InChI is InChI=1S/C22H22ClN3O4/c23-16-4-1-14(2-5-16)12-24-22(29)19-20(27)18-11-15(3-6-17(18)21(28)25-19)13-26-7-9-30-10-8-26/h1-6,11,27H,7-10,12-13H2,(H,24,29)(H,25,28). The summed E-state index contributed by atoms with van der Waals surface area (Å²) >= 11 is 5.87. The fourth-order valence-corrected chi connectivity index (χ4v) is 3.64. The molecule has 1 aromatic heterocycles. The first-order valence-electron chi connectivity index (χ1n) is 9.72. The molecular weight excluding hydrogens is 406 g/mol. The van der Waals surface area contributed by atoms with Crippen molar-refractivity contribution in [2.45, 2.75) is 13.1 Å². The third kappa shape index (κ3) is 4.48. The number of rotatable bonds is 5. The number of ether oxygens (including phenoxy) is 1. The minimum atomic E-state index is -0.556. The van der Waals surface area contributed by atoms with Gasteiger partial charge < -0.3 is 20.1 Å². The van der Waals surface area contributed by atoms with Gasteiger partial charge in [0.25, 0.3) is 11.5 Å². The van der Waals surface area contributed by atoms with Gasteiger partial charge in [0.05, 0.1) is 18.6 Å². The van der Waals surface area contributed by atoms with Crippen LogP contribution in [0.3, 0.4) is 0 Å². The quantitative estimate of drug-likeness (QED) is 0.582. The van der Waals surface area contributed by atoms with Crippen molar-refractivity contribution in [3.8, 4) is 5.75 Å². The van der Waals surface area contributed by atoms with Crippen LogP contribution in [-0.2, 0) is 17.8 Å². The number of morpholine rings is 1. The molecule has 156 valence electrons. The Balaban J connectivity index is 1.57. The molecule has 0 bridgehead atoms. The Morgan fingerprint density at radius 2 is 1.80 bits per heavy atom. The normalized spacial score (nSPS) is 14.7. The number of nitrogens with zero attached hydrogens (tertiary/aromatic N) is 1. The number of nitrogens with one attached hydrogen (secondary N) is 2. The summed E-state index contributed by atoms with van der Waals surface area (Å²) in [5.74, 6) is -0.790. The van der Waals surface area contributed by atoms with Gasteiger partial charge in [-0.1, -0.05) is 29.8 Å². The predicted octanol–water partition coefficient (Wildman–Crippen LogP) is 2.65. The van der Waals surface area contributed by atoms with E-state index in [-0.39, 0.29) is 18.0 Å². The fraction of sp³-hybridized carbons (Fsp3) is 0.273. The molecule has 0 aliphatic carbocycles. The summed E-state index contributed by atoms with van der Waals surface area (Å²) in [6.07, 6.45) is 0. The second-order valence-electron chi connectivity index (χ2n) is 7.26. The highest BCUT2D eigenvalue weighted by atomic mass is 35.5. The number of fused-ring (bicyclic) bond motifs is 1. The van der Waals surface area contributed by atoms with E-state index in [1.54, 1.807) is 36.4 Å². The van der Waals surface area contributed by atoms with Gasteiger partial charge in [-0.25, -0.2) is 0 Å². The molecular formula is C22H22ClN3O4. The number of halogens is 1. The van der Waals surface area contributed by atoms with Crippen molar-refractivity contribution in [1.82, 2.24) is 15.2 Å². The van der Waals surface area contributed by atoms with Gasteiger partial charge in [0.1, 0.15) is 5.69 Å². The van der Waals surface area contributed by atoms with Gasteiger partial charge in [-0.15, -0.1) is 0 Å². The molecule has 7 nitrogen and oxygen atoms in total. The topological polar surface area (TPSA) is 94.7 Å². The summed E-state index contributed by atoms with van der Waals surface area (Å²) in [5.41, 5.74) is 1.24. The lowest BCUT2D eigenvalue weighted by Gasteiger charge is -2.26. The molecule has 0 radical (unpaired) electrons. The van der Waals surface area contributed by atoms with Gasteiger partial charge in [-0.05, 0) is 35.4 Å². The molecule has 0 atom stereocenters. The smallest absolute Gasteiger partial charge is 0.271 e. The number of hydrogen-bond donors (Lipinski definition) is 3. The van der Waals surface area contributed by atoms with E-state index >= 15 is 0 Å². The number of aromatic hydroxyl groups is 1. The molecule has 2 heterocycles. The molecule has 1 amide bonds. The van der Waals surface area contributed by atoms with E-state index in [1.165, 1.54) is 0 Å². The van der Waals surface area contributed by atoms with Crippen LogP contribution >= 0.6 is 11.6 Å². The van der Waals surface area contributed by atoms with Gasteiger partial charge in [0.2, 0.25) is 0 Å². The lowest BCUT2D eigenvalue weighted by Crippen LogP contribution is -2.35. The predicted molar refractivity (Wildman–Crippen MR) is 115 cm³/mol. The zero-order valence-corrected chi connectivity index (χ0v) is 17.0. The van der Waals surface area contributed by atoms with Crippen LogP contribution in [0.25, 0.3) is 10.8 Å². The number of benzene rings is 2. The van der Waals surface area contributed by atoms with E-state index in [4.69, 9.17) is 16.3 Å². The Hall–Kier alpha value is -2.87. The largest absolute Gasteiger partial charge is 0.505 e. The molecule has 3 aromatic rings. The van der Waals surface area contributed by atoms with Crippen LogP contribution in [0, 0.1) is 0 Å². The number of hydrogen-bond acceptors (Lipinski definition) is 5. The molecule has 8 heteroatoms. The number of pyridine rings is 1. The Morgan fingerprint density at radius 3 is 2.53 bits per heavy atom. The van der Waals surface area contributed by atoms with Gasteiger partial charge in [-0.3, -0.25) is 14.5 Å². The average Bonchev–Trinajstić information content (AvgIpc) is 2.76. The molecule has 0 spiro atoms. The lowest BCUT2D eigenvalue weighted by molar-refractivity contribution is 0.0342. The summed E-state index contributed by atoms with van der Waals surface area (Å²) in [7, 11) is 0. The monoisotopic (exact) mass is 427 g/mol. The average molecular weight is 428 g/mol. The molecule has 1 fully saturated rings. The Morgan fingerprint density at radius 1 is 1.10 bits per heavy atom. The second kappa shape index (κ2) is 8.87. The summed E-state index contributed by atoms with van der Waals surface area (Å²) < 4.78 is 5.37. The maximum absolute atomic E-state index is 12.6. The summed E-state index contributed by atoms with van der Waals surface area (Å²) in [6, 6.07) is 12.4. The fourth-order valence-electron chi connectivity index (χ4n) is 3.51. The van der Waals surface area contributed by atoms with Crippen LogP contribution in [0.5, 0.6) is 5.75 Å². The summed E-state index contributed by atoms with van der Waals surface area (Å²) in [6.45, 7) is 3.97. The van der Waals surface area contributed by atoms with Crippen molar-refractivity contribution in [2.75, 3.05) is 26.3 Å². The molecule has 1 saturated heterocycles. The van der Waals surface area contributed by atoms with Crippen LogP contribution in [0.1, 0.15) is 21.6 Å². The molecule has 0 saturated carbocycles. The van der Waals surface area contributed by atoms with E-state index in [2.05, 4.69) is 15.2 Å². The van der Waals surface area contributed by atoms with E-state index in [0.29, 0.717) is 35.6 Å².